The highest BCUT2D eigenvalue weighted by Gasteiger charge is 2.26. The van der Waals surface area contributed by atoms with Crippen LogP contribution in [-0.2, 0) is 0 Å². The average molecular weight is 371 g/mol. The number of hydrogen-bond donors (Lipinski definition) is 1. The number of phenolic OH excluding ortho intramolecular Hbond substituents is 1. The molecule has 0 aliphatic heterocycles. The fourth-order valence-corrected chi connectivity index (χ4v) is 2.99. The maximum absolute atomic E-state index is 13.3. The molecule has 0 radical (unpaired) electrons. The summed E-state index contributed by atoms with van der Waals surface area (Å²) in [6, 6.07) is 22.7. The van der Waals surface area contributed by atoms with Gasteiger partial charge in [0.2, 0.25) is 0 Å². The van der Waals surface area contributed by atoms with Crippen molar-refractivity contribution in [2.45, 2.75) is 0 Å². The van der Waals surface area contributed by atoms with Crippen LogP contribution in [0.5, 0.6) is 11.5 Å². The number of methoxy groups -OCH3 is 1. The van der Waals surface area contributed by atoms with Crippen molar-refractivity contribution in [3.63, 3.8) is 0 Å². The van der Waals surface area contributed by atoms with Crippen LogP contribution in [0.1, 0.15) is 15.9 Å². The molecule has 0 atom stereocenters. The van der Waals surface area contributed by atoms with Crippen LogP contribution in [0.2, 0.25) is 0 Å². The maximum Gasteiger partial charge on any atom is 0.199 e. The molecule has 138 valence electrons. The number of rotatable bonds is 5. The number of ether oxygens (including phenoxy) is 1. The molecule has 1 heterocycles. The van der Waals surface area contributed by atoms with E-state index >= 15 is 0 Å². The van der Waals surface area contributed by atoms with E-state index in [0.717, 1.165) is 5.56 Å². The zero-order valence-corrected chi connectivity index (χ0v) is 15.1. The second kappa shape index (κ2) is 7.40. The van der Waals surface area contributed by atoms with Gasteiger partial charge in [0.05, 0.1) is 12.7 Å². The Hall–Kier alpha value is -3.86. The zero-order chi connectivity index (χ0) is 19.5. The molecule has 0 bridgehead atoms. The van der Waals surface area contributed by atoms with E-state index in [1.807, 2.05) is 30.3 Å². The first kappa shape index (κ1) is 17.5. The van der Waals surface area contributed by atoms with Crippen LogP contribution in [-0.4, -0.2) is 23.2 Å². The number of benzene rings is 3. The Labute approximate surface area is 161 Å². The maximum atomic E-state index is 13.3. The third kappa shape index (κ3) is 3.25. The smallest absolute Gasteiger partial charge is 0.199 e. The Morgan fingerprint density at radius 1 is 0.893 bits per heavy atom. The molecule has 0 amide bonds. The Morgan fingerprint density at radius 3 is 2.18 bits per heavy atom. The molecule has 5 nitrogen and oxygen atoms in total. The number of nitrogens with zero attached hydrogens (tertiary/aromatic N) is 1. The van der Waals surface area contributed by atoms with Gasteiger partial charge in [0, 0.05) is 16.7 Å². The zero-order valence-electron chi connectivity index (χ0n) is 15.1. The van der Waals surface area contributed by atoms with E-state index in [2.05, 4.69) is 5.16 Å². The van der Waals surface area contributed by atoms with Gasteiger partial charge in [0.1, 0.15) is 17.2 Å². The first-order valence-electron chi connectivity index (χ1n) is 8.70. The van der Waals surface area contributed by atoms with Crippen LogP contribution in [0, 0.1) is 0 Å². The summed E-state index contributed by atoms with van der Waals surface area (Å²) in [6.45, 7) is 0. The minimum absolute atomic E-state index is 0.138. The highest BCUT2D eigenvalue weighted by atomic mass is 16.5. The van der Waals surface area contributed by atoms with E-state index in [0.29, 0.717) is 33.9 Å². The Kier molecular flexibility index (Phi) is 4.64. The van der Waals surface area contributed by atoms with Crippen molar-refractivity contribution in [1.29, 1.82) is 0 Å². The third-order valence-electron chi connectivity index (χ3n) is 4.45. The predicted molar refractivity (Wildman–Crippen MR) is 105 cm³/mol. The highest BCUT2D eigenvalue weighted by Crippen LogP contribution is 2.35. The van der Waals surface area contributed by atoms with Gasteiger partial charge in [0.15, 0.2) is 11.5 Å². The molecule has 0 aliphatic carbocycles. The number of ketones is 1. The van der Waals surface area contributed by atoms with Crippen LogP contribution < -0.4 is 4.74 Å². The van der Waals surface area contributed by atoms with E-state index in [1.165, 1.54) is 0 Å². The first-order chi connectivity index (χ1) is 13.7. The molecule has 0 unspecified atom stereocenters. The van der Waals surface area contributed by atoms with Crippen molar-refractivity contribution in [1.82, 2.24) is 5.16 Å². The molecule has 0 saturated heterocycles. The van der Waals surface area contributed by atoms with Gasteiger partial charge in [-0.3, -0.25) is 4.79 Å². The Bertz CT molecular complexity index is 1100. The Morgan fingerprint density at radius 2 is 1.54 bits per heavy atom. The lowest BCUT2D eigenvalue weighted by molar-refractivity contribution is 0.103. The minimum atomic E-state index is -0.184. The normalized spacial score (nSPS) is 10.6. The topological polar surface area (TPSA) is 72.6 Å². The SMILES string of the molecule is COc1ccc(-c2onc(-c3ccc(O)cc3)c2C(=O)c2ccccc2)cc1. The summed E-state index contributed by atoms with van der Waals surface area (Å²) < 4.78 is 10.8. The molecule has 1 aromatic heterocycles. The molecule has 1 N–H and O–H groups in total. The van der Waals surface area contributed by atoms with E-state index in [4.69, 9.17) is 9.26 Å². The summed E-state index contributed by atoms with van der Waals surface area (Å²) in [4.78, 5) is 13.3. The second-order valence-electron chi connectivity index (χ2n) is 6.21. The monoisotopic (exact) mass is 371 g/mol. The number of aromatic hydroxyl groups is 1. The van der Waals surface area contributed by atoms with Gasteiger partial charge in [-0.1, -0.05) is 35.5 Å². The number of phenols is 1. The molecule has 3 aromatic carbocycles. The fraction of sp³-hybridized carbons (Fsp3) is 0.0435. The molecule has 4 aromatic rings. The average Bonchev–Trinajstić information content (AvgIpc) is 3.19. The van der Waals surface area contributed by atoms with E-state index in [-0.39, 0.29) is 11.5 Å². The molecule has 4 rings (SSSR count). The van der Waals surface area contributed by atoms with E-state index < -0.39 is 0 Å². The van der Waals surface area contributed by atoms with Crippen molar-refractivity contribution in [3.05, 3.63) is 90.0 Å². The number of carbonyl (C=O) groups is 1. The predicted octanol–water partition coefficient (Wildman–Crippen LogP) is 4.95. The van der Waals surface area contributed by atoms with Crippen molar-refractivity contribution in [2.75, 3.05) is 7.11 Å². The molecule has 0 saturated carbocycles. The van der Waals surface area contributed by atoms with Gasteiger partial charge in [-0.15, -0.1) is 0 Å². The van der Waals surface area contributed by atoms with Gasteiger partial charge in [-0.25, -0.2) is 0 Å². The van der Waals surface area contributed by atoms with Crippen LogP contribution in [0.25, 0.3) is 22.6 Å². The lowest BCUT2D eigenvalue weighted by Crippen LogP contribution is -2.03. The summed E-state index contributed by atoms with van der Waals surface area (Å²) in [7, 11) is 1.59. The number of hydrogen-bond acceptors (Lipinski definition) is 5. The van der Waals surface area contributed by atoms with Crippen molar-refractivity contribution in [2.24, 2.45) is 0 Å². The first-order valence-corrected chi connectivity index (χ1v) is 8.70. The molecule has 5 heteroatoms. The molecule has 0 fully saturated rings. The van der Waals surface area contributed by atoms with E-state index in [1.54, 1.807) is 55.6 Å². The molecule has 0 spiro atoms. The van der Waals surface area contributed by atoms with Gasteiger partial charge in [0.25, 0.3) is 0 Å². The largest absolute Gasteiger partial charge is 0.508 e. The van der Waals surface area contributed by atoms with E-state index in [9.17, 15) is 9.90 Å². The number of carbonyl (C=O) groups excluding carboxylic acids is 1. The lowest BCUT2D eigenvalue weighted by atomic mass is 9.95. The van der Waals surface area contributed by atoms with Gasteiger partial charge < -0.3 is 14.4 Å². The van der Waals surface area contributed by atoms with Crippen LogP contribution >= 0.6 is 0 Å². The van der Waals surface area contributed by atoms with Gasteiger partial charge in [-0.05, 0) is 48.5 Å². The number of aromatic nitrogens is 1. The standard InChI is InChI=1S/C23H17NO4/c1-27-19-13-9-17(10-14-19)23-20(22(26)16-5-3-2-4-6-16)21(24-28-23)15-7-11-18(25)12-8-15/h2-14,25H,1H3. The highest BCUT2D eigenvalue weighted by molar-refractivity contribution is 6.15. The lowest BCUT2D eigenvalue weighted by Gasteiger charge is -2.06. The van der Waals surface area contributed by atoms with Crippen LogP contribution in [0.4, 0.5) is 0 Å². The molecular formula is C23H17NO4. The summed E-state index contributed by atoms with van der Waals surface area (Å²) in [6.07, 6.45) is 0. The van der Waals surface area contributed by atoms with Gasteiger partial charge >= 0.3 is 0 Å². The van der Waals surface area contributed by atoms with Crippen molar-refractivity contribution >= 4 is 5.78 Å². The quantitative estimate of drug-likeness (QED) is 0.502. The van der Waals surface area contributed by atoms with Crippen LogP contribution in [0.3, 0.4) is 0 Å². The van der Waals surface area contributed by atoms with Crippen LogP contribution in [0.15, 0.2) is 83.4 Å². The van der Waals surface area contributed by atoms with Crippen molar-refractivity contribution < 1.29 is 19.2 Å². The van der Waals surface area contributed by atoms with Crippen molar-refractivity contribution in [3.8, 4) is 34.1 Å². The molecule has 28 heavy (non-hydrogen) atoms. The third-order valence-corrected chi connectivity index (χ3v) is 4.45. The summed E-state index contributed by atoms with van der Waals surface area (Å²) in [5.41, 5.74) is 2.75. The second-order valence-corrected chi connectivity index (χ2v) is 6.21. The summed E-state index contributed by atoms with van der Waals surface area (Å²) in [5.74, 6) is 1.05. The fourth-order valence-electron chi connectivity index (χ4n) is 2.99. The molecule has 0 aliphatic rings. The minimum Gasteiger partial charge on any atom is -0.508 e. The van der Waals surface area contributed by atoms with Gasteiger partial charge in [-0.2, -0.15) is 0 Å². The summed E-state index contributed by atoms with van der Waals surface area (Å²) in [5, 5.41) is 13.7. The molecular weight excluding hydrogens is 354 g/mol. The summed E-state index contributed by atoms with van der Waals surface area (Å²) >= 11 is 0. The Balaban J connectivity index is 1.89.